The van der Waals surface area contributed by atoms with Crippen molar-refractivity contribution in [3.8, 4) is 11.8 Å². The number of anilines is 1. The van der Waals surface area contributed by atoms with E-state index in [1.165, 1.54) is 6.20 Å². The topological polar surface area (TPSA) is 104 Å². The fourth-order valence-corrected chi connectivity index (χ4v) is 4.07. The maximum Gasteiger partial charge on any atom is 0.259 e. The van der Waals surface area contributed by atoms with E-state index in [1.807, 2.05) is 19.1 Å². The Kier molecular flexibility index (Phi) is 5.77. The SMILES string of the molecule is Cc1c(C(=O)Nc2ccc([C@]3(C#N)CC[C@H](O)CC3)nc2)cnn1-c1ccc(Cl)cc1. The lowest BCUT2D eigenvalue weighted by molar-refractivity contribution is 0.102. The van der Waals surface area contributed by atoms with E-state index in [0.717, 1.165) is 5.69 Å². The molecule has 2 N–H and O–H groups in total. The van der Waals surface area contributed by atoms with Crippen LogP contribution >= 0.6 is 11.6 Å². The molecule has 4 rings (SSSR count). The molecule has 0 atom stereocenters. The number of hydrogen-bond acceptors (Lipinski definition) is 5. The first kappa shape index (κ1) is 21.0. The van der Waals surface area contributed by atoms with Gasteiger partial charge >= 0.3 is 0 Å². The van der Waals surface area contributed by atoms with Gasteiger partial charge in [0.15, 0.2) is 0 Å². The van der Waals surface area contributed by atoms with Crippen molar-refractivity contribution in [1.82, 2.24) is 14.8 Å². The van der Waals surface area contributed by atoms with Crippen molar-refractivity contribution >= 4 is 23.2 Å². The van der Waals surface area contributed by atoms with Crippen molar-refractivity contribution in [2.24, 2.45) is 0 Å². The quantitative estimate of drug-likeness (QED) is 0.639. The van der Waals surface area contributed by atoms with Crippen molar-refractivity contribution in [1.29, 1.82) is 5.26 Å². The van der Waals surface area contributed by atoms with Crippen LogP contribution in [0.15, 0.2) is 48.8 Å². The van der Waals surface area contributed by atoms with Gasteiger partial charge in [-0.05, 0) is 69.0 Å². The molecule has 8 heteroatoms. The van der Waals surface area contributed by atoms with Gasteiger partial charge in [0.25, 0.3) is 5.91 Å². The second-order valence-corrected chi connectivity index (χ2v) is 8.28. The van der Waals surface area contributed by atoms with Crippen molar-refractivity contribution in [3.63, 3.8) is 0 Å². The highest BCUT2D eigenvalue weighted by Crippen LogP contribution is 2.38. The molecule has 2 aromatic heterocycles. The van der Waals surface area contributed by atoms with Crippen molar-refractivity contribution < 1.29 is 9.90 Å². The van der Waals surface area contributed by atoms with Crippen molar-refractivity contribution in [3.05, 3.63) is 70.8 Å². The molecule has 0 spiro atoms. The molecule has 3 aromatic rings. The minimum Gasteiger partial charge on any atom is -0.393 e. The Bertz CT molecular complexity index is 1120. The Morgan fingerprint density at radius 1 is 1.23 bits per heavy atom. The molecule has 7 nitrogen and oxygen atoms in total. The van der Waals surface area contributed by atoms with Gasteiger partial charge in [-0.2, -0.15) is 10.4 Å². The van der Waals surface area contributed by atoms with Gasteiger partial charge in [0, 0.05) is 5.02 Å². The second-order valence-electron chi connectivity index (χ2n) is 7.84. The first-order valence-corrected chi connectivity index (χ1v) is 10.5. The van der Waals surface area contributed by atoms with Crippen LogP contribution in [0, 0.1) is 18.3 Å². The Hall–Kier alpha value is -3.21. The third-order valence-corrected chi connectivity index (χ3v) is 6.11. The van der Waals surface area contributed by atoms with Crippen molar-refractivity contribution in [2.45, 2.75) is 44.1 Å². The zero-order chi connectivity index (χ0) is 22.0. The second kappa shape index (κ2) is 8.50. The zero-order valence-corrected chi connectivity index (χ0v) is 17.8. The Morgan fingerprint density at radius 3 is 2.55 bits per heavy atom. The number of aliphatic hydroxyl groups excluding tert-OH is 1. The summed E-state index contributed by atoms with van der Waals surface area (Å²) in [4.78, 5) is 17.2. The number of benzene rings is 1. The lowest BCUT2D eigenvalue weighted by atomic mass is 9.72. The van der Waals surface area contributed by atoms with Crippen LogP contribution in [-0.2, 0) is 5.41 Å². The molecular formula is C23H22ClN5O2. The van der Waals surface area contributed by atoms with E-state index in [-0.39, 0.29) is 12.0 Å². The van der Waals surface area contributed by atoms with Crippen LogP contribution < -0.4 is 5.32 Å². The average molecular weight is 436 g/mol. The Balaban J connectivity index is 1.49. The smallest absolute Gasteiger partial charge is 0.259 e. The lowest BCUT2D eigenvalue weighted by Gasteiger charge is -2.32. The summed E-state index contributed by atoms with van der Waals surface area (Å²) >= 11 is 5.94. The van der Waals surface area contributed by atoms with Crippen LogP contribution in [0.4, 0.5) is 5.69 Å². The van der Waals surface area contributed by atoms with Gasteiger partial charge in [-0.3, -0.25) is 9.78 Å². The van der Waals surface area contributed by atoms with Crippen LogP contribution in [0.25, 0.3) is 5.69 Å². The summed E-state index contributed by atoms with van der Waals surface area (Å²) < 4.78 is 1.68. The summed E-state index contributed by atoms with van der Waals surface area (Å²) in [6, 6.07) is 13.1. The minimum atomic E-state index is -0.682. The van der Waals surface area contributed by atoms with E-state index < -0.39 is 5.41 Å². The van der Waals surface area contributed by atoms with Crippen LogP contribution in [0.5, 0.6) is 0 Å². The molecule has 158 valence electrons. The normalized spacial score (nSPS) is 20.8. The Morgan fingerprint density at radius 2 is 1.94 bits per heavy atom. The summed E-state index contributed by atoms with van der Waals surface area (Å²) in [6.45, 7) is 1.83. The van der Waals surface area contributed by atoms with Gasteiger partial charge in [-0.1, -0.05) is 11.6 Å². The van der Waals surface area contributed by atoms with E-state index in [4.69, 9.17) is 11.6 Å². The van der Waals surface area contributed by atoms with Gasteiger partial charge in [0.2, 0.25) is 0 Å². The van der Waals surface area contributed by atoms with E-state index >= 15 is 0 Å². The average Bonchev–Trinajstić information content (AvgIpc) is 3.17. The molecule has 0 unspecified atom stereocenters. The van der Waals surface area contributed by atoms with Crippen LogP contribution in [-0.4, -0.2) is 31.9 Å². The molecule has 0 radical (unpaired) electrons. The van der Waals surface area contributed by atoms with Gasteiger partial charge < -0.3 is 10.4 Å². The number of nitriles is 1. The van der Waals surface area contributed by atoms with Crippen LogP contribution in [0.1, 0.15) is 47.4 Å². The molecule has 0 aliphatic heterocycles. The number of nitrogens with zero attached hydrogens (tertiary/aromatic N) is 4. The van der Waals surface area contributed by atoms with Gasteiger partial charge in [0.05, 0.1) is 58.3 Å². The lowest BCUT2D eigenvalue weighted by Crippen LogP contribution is -2.33. The molecule has 1 aliphatic rings. The summed E-state index contributed by atoms with van der Waals surface area (Å²) in [5.74, 6) is -0.289. The summed E-state index contributed by atoms with van der Waals surface area (Å²) in [6.07, 6.45) is 5.07. The fourth-order valence-electron chi connectivity index (χ4n) is 3.95. The number of carbonyl (C=O) groups is 1. The minimum absolute atomic E-state index is 0.289. The number of nitrogens with one attached hydrogen (secondary N) is 1. The molecule has 2 heterocycles. The molecule has 1 aliphatic carbocycles. The molecular weight excluding hydrogens is 414 g/mol. The molecule has 0 saturated heterocycles. The number of hydrogen-bond donors (Lipinski definition) is 2. The van der Waals surface area contributed by atoms with Crippen LogP contribution in [0.3, 0.4) is 0 Å². The molecule has 1 saturated carbocycles. The van der Waals surface area contributed by atoms with E-state index in [9.17, 15) is 15.2 Å². The van der Waals surface area contributed by atoms with Gasteiger partial charge in [0.1, 0.15) is 0 Å². The largest absolute Gasteiger partial charge is 0.393 e. The molecule has 0 bridgehead atoms. The molecule has 1 fully saturated rings. The summed E-state index contributed by atoms with van der Waals surface area (Å²) in [5, 5.41) is 27.3. The van der Waals surface area contributed by atoms with Gasteiger partial charge in [-0.25, -0.2) is 4.68 Å². The third kappa shape index (κ3) is 4.18. The molecule has 31 heavy (non-hydrogen) atoms. The first-order chi connectivity index (χ1) is 14.9. The number of aliphatic hydroxyl groups is 1. The highest BCUT2D eigenvalue weighted by molar-refractivity contribution is 6.30. The monoisotopic (exact) mass is 435 g/mol. The molecule has 1 amide bonds. The highest BCUT2D eigenvalue weighted by atomic mass is 35.5. The van der Waals surface area contributed by atoms with Crippen molar-refractivity contribution in [2.75, 3.05) is 5.32 Å². The predicted molar refractivity (Wildman–Crippen MR) is 117 cm³/mol. The maximum absolute atomic E-state index is 12.8. The number of carbonyl (C=O) groups excluding carboxylic acids is 1. The maximum atomic E-state index is 12.8. The molecule has 1 aromatic carbocycles. The fraction of sp³-hybridized carbons (Fsp3) is 0.304. The first-order valence-electron chi connectivity index (χ1n) is 10.1. The van der Waals surface area contributed by atoms with Gasteiger partial charge in [-0.15, -0.1) is 0 Å². The number of amides is 1. The summed E-state index contributed by atoms with van der Waals surface area (Å²) in [7, 11) is 0. The number of rotatable bonds is 4. The highest BCUT2D eigenvalue weighted by Gasteiger charge is 2.37. The third-order valence-electron chi connectivity index (χ3n) is 5.86. The van der Waals surface area contributed by atoms with Crippen LogP contribution in [0.2, 0.25) is 5.02 Å². The number of aromatic nitrogens is 3. The number of halogens is 1. The van der Waals surface area contributed by atoms with E-state index in [0.29, 0.717) is 53.3 Å². The zero-order valence-electron chi connectivity index (χ0n) is 17.0. The number of pyridine rings is 1. The summed E-state index contributed by atoms with van der Waals surface area (Å²) in [5.41, 5.74) is 2.50. The van der Waals surface area contributed by atoms with E-state index in [1.54, 1.807) is 35.1 Å². The van der Waals surface area contributed by atoms with E-state index in [2.05, 4.69) is 21.5 Å². The Labute approximate surface area is 185 Å². The predicted octanol–water partition coefficient (Wildman–Crippen LogP) is 4.18. The standard InChI is InChI=1S/C23H22ClN5O2/c1-15-20(13-27-29(15)18-5-2-16(24)3-6-18)22(31)28-17-4-7-21(26-12-17)23(14-25)10-8-19(30)9-11-23/h2-7,12-13,19,30H,8-11H2,1H3,(H,28,31)/t19-,23+.